The van der Waals surface area contributed by atoms with Crippen molar-refractivity contribution in [1.82, 2.24) is 0 Å². The summed E-state index contributed by atoms with van der Waals surface area (Å²) in [5.74, 6) is 0. The van der Waals surface area contributed by atoms with Gasteiger partial charge in [-0.1, -0.05) is 115 Å². The molecule has 0 saturated carbocycles. The maximum absolute atomic E-state index is 5.24. The van der Waals surface area contributed by atoms with Crippen molar-refractivity contribution in [2.24, 2.45) is 0 Å². The Labute approximate surface area is 128 Å². The van der Waals surface area contributed by atoms with Crippen molar-refractivity contribution in [3.8, 4) is 0 Å². The van der Waals surface area contributed by atoms with Crippen LogP contribution in [0.15, 0.2) is 30.4 Å². The quantitative estimate of drug-likeness (QED) is 0.219. The third kappa shape index (κ3) is 17.2. The normalized spacial score (nSPS) is 11.7. The highest BCUT2D eigenvalue weighted by molar-refractivity contribution is 5.07. The van der Waals surface area contributed by atoms with E-state index in [0.29, 0.717) is 0 Å². The predicted molar refractivity (Wildman–Crippen MR) is 92.8 cm³/mol. The molecule has 0 N–H and O–H groups in total. The molecule has 0 fully saturated rings. The minimum atomic E-state index is 1.20. The molecule has 0 unspecified atom stereocenters. The van der Waals surface area contributed by atoms with Crippen LogP contribution in [0.4, 0.5) is 0 Å². The average Bonchev–Trinajstić information content (AvgIpc) is 2.47. The lowest BCUT2D eigenvalue weighted by Gasteiger charge is -2.02. The molecule has 20 heavy (non-hydrogen) atoms. The van der Waals surface area contributed by atoms with Gasteiger partial charge >= 0.3 is 0 Å². The smallest absolute Gasteiger partial charge is 0.0348 e. The summed E-state index contributed by atoms with van der Waals surface area (Å²) < 4.78 is 0. The van der Waals surface area contributed by atoms with Gasteiger partial charge in [0, 0.05) is 0 Å². The molecule has 0 heteroatoms. The first-order valence-corrected chi connectivity index (χ1v) is 8.78. The largest absolute Gasteiger partial charge is 0.0845 e. The summed E-state index contributed by atoms with van der Waals surface area (Å²) in [6, 6.07) is 0. The molecule has 0 aromatic carbocycles. The summed E-state index contributed by atoms with van der Waals surface area (Å²) in [6.45, 7) is 7.53. The summed E-state index contributed by atoms with van der Waals surface area (Å²) in [5.41, 5.74) is 0. The van der Waals surface area contributed by atoms with Gasteiger partial charge in [-0.25, -0.2) is 0 Å². The minimum absolute atomic E-state index is 1.20. The summed E-state index contributed by atoms with van der Waals surface area (Å²) in [7, 11) is 0. The van der Waals surface area contributed by atoms with Crippen LogP contribution >= 0.6 is 0 Å². The Morgan fingerprint density at radius 3 is 1.60 bits per heavy atom. The van der Waals surface area contributed by atoms with Gasteiger partial charge in [0.25, 0.3) is 0 Å². The Bertz CT molecular complexity index is 234. The lowest BCUT2D eigenvalue weighted by Crippen LogP contribution is -1.82. The second-order valence-electron chi connectivity index (χ2n) is 5.68. The number of unbranched alkanes of at least 4 members (excludes halogenated alkanes) is 12. The summed E-state index contributed by atoms with van der Waals surface area (Å²) in [4.78, 5) is 0. The topological polar surface area (TPSA) is 0 Å². The molecule has 0 atom stereocenters. The van der Waals surface area contributed by atoms with E-state index >= 15 is 0 Å². The zero-order chi connectivity index (χ0) is 14.7. The highest BCUT2D eigenvalue weighted by Crippen LogP contribution is 2.12. The maximum Gasteiger partial charge on any atom is -0.0348 e. The van der Waals surface area contributed by atoms with E-state index in [1.807, 2.05) is 12.2 Å². The molecule has 0 aromatic heterocycles. The lowest BCUT2D eigenvalue weighted by atomic mass is 10.0. The first-order chi connectivity index (χ1) is 9.91. The molecule has 0 bridgehead atoms. The van der Waals surface area contributed by atoms with Gasteiger partial charge < -0.3 is 0 Å². The number of rotatable bonds is 15. The summed E-state index contributed by atoms with van der Waals surface area (Å²) in [5, 5.41) is 0. The van der Waals surface area contributed by atoms with E-state index in [-0.39, 0.29) is 0 Å². The standard InChI is InChI=1S/C20H35/c1-3-5-7-9-11-13-15-17-19-20-18-16-14-12-10-8-6-4-2/h1,3,5,7,9,11H,4,6,8,10,12-20H2,2H3/b3-1?,7-5+,11-9+. The molecule has 0 heterocycles. The Balaban J connectivity index is 3.04. The first kappa shape index (κ1) is 19.2. The third-order valence-electron chi connectivity index (χ3n) is 3.69. The highest BCUT2D eigenvalue weighted by atomic mass is 14.0. The van der Waals surface area contributed by atoms with Gasteiger partial charge in [0.2, 0.25) is 0 Å². The van der Waals surface area contributed by atoms with Crippen molar-refractivity contribution in [2.45, 2.75) is 90.4 Å². The van der Waals surface area contributed by atoms with E-state index in [1.165, 1.54) is 83.5 Å². The monoisotopic (exact) mass is 275 g/mol. The molecule has 0 nitrogen and oxygen atoms in total. The maximum atomic E-state index is 5.24. The van der Waals surface area contributed by atoms with Gasteiger partial charge in [0.05, 0.1) is 0 Å². The zero-order valence-electron chi connectivity index (χ0n) is 13.7. The molecule has 0 saturated heterocycles. The molecule has 0 spiro atoms. The van der Waals surface area contributed by atoms with E-state index in [2.05, 4.69) is 19.1 Å². The molecule has 0 aliphatic carbocycles. The Morgan fingerprint density at radius 2 is 1.10 bits per heavy atom. The third-order valence-corrected chi connectivity index (χ3v) is 3.69. The Morgan fingerprint density at radius 1 is 0.600 bits per heavy atom. The molecule has 1 radical (unpaired) electrons. The number of hydrogen-bond acceptors (Lipinski definition) is 0. The van der Waals surface area contributed by atoms with E-state index in [4.69, 9.17) is 6.58 Å². The van der Waals surface area contributed by atoms with Crippen molar-refractivity contribution < 1.29 is 0 Å². The number of allylic oxidation sites excluding steroid dienone is 5. The lowest BCUT2D eigenvalue weighted by molar-refractivity contribution is 0.545. The molecule has 0 amide bonds. The van der Waals surface area contributed by atoms with Crippen molar-refractivity contribution in [1.29, 1.82) is 0 Å². The molecule has 0 aliphatic heterocycles. The molecule has 0 aromatic rings. The van der Waals surface area contributed by atoms with Gasteiger partial charge in [-0.05, 0) is 12.8 Å². The minimum Gasteiger partial charge on any atom is -0.0845 e. The van der Waals surface area contributed by atoms with Crippen LogP contribution in [0.5, 0.6) is 0 Å². The fraction of sp³-hybridized carbons (Fsp3) is 0.700. The molecule has 115 valence electrons. The SMILES string of the molecule is [CH]=C/C=C/C=C/CCCCCCCCCCCCCC. The second-order valence-corrected chi connectivity index (χ2v) is 5.68. The van der Waals surface area contributed by atoms with Crippen LogP contribution in [0.2, 0.25) is 0 Å². The van der Waals surface area contributed by atoms with Crippen molar-refractivity contribution in [3.63, 3.8) is 0 Å². The predicted octanol–water partition coefficient (Wildman–Crippen LogP) is 7.18. The van der Waals surface area contributed by atoms with Crippen LogP contribution in [-0.4, -0.2) is 0 Å². The first-order valence-electron chi connectivity index (χ1n) is 8.78. The molecule has 0 aliphatic rings. The fourth-order valence-electron chi connectivity index (χ4n) is 2.41. The van der Waals surface area contributed by atoms with Crippen LogP contribution in [0, 0.1) is 6.58 Å². The van der Waals surface area contributed by atoms with Crippen molar-refractivity contribution in [3.05, 3.63) is 37.0 Å². The van der Waals surface area contributed by atoms with Gasteiger partial charge in [0.15, 0.2) is 0 Å². The second kappa shape index (κ2) is 18.2. The van der Waals surface area contributed by atoms with Gasteiger partial charge in [0.1, 0.15) is 0 Å². The van der Waals surface area contributed by atoms with E-state index in [1.54, 1.807) is 6.08 Å². The number of hydrogen-bond donors (Lipinski definition) is 0. The van der Waals surface area contributed by atoms with Gasteiger partial charge in [-0.2, -0.15) is 0 Å². The van der Waals surface area contributed by atoms with Gasteiger partial charge in [-0.3, -0.25) is 0 Å². The Hall–Kier alpha value is -0.780. The van der Waals surface area contributed by atoms with Crippen molar-refractivity contribution >= 4 is 0 Å². The molecular formula is C20H35. The zero-order valence-corrected chi connectivity index (χ0v) is 13.7. The van der Waals surface area contributed by atoms with Crippen molar-refractivity contribution in [2.75, 3.05) is 0 Å². The van der Waals surface area contributed by atoms with E-state index in [9.17, 15) is 0 Å². The van der Waals surface area contributed by atoms with Crippen LogP contribution in [0.3, 0.4) is 0 Å². The highest BCUT2D eigenvalue weighted by Gasteiger charge is 1.92. The molecular weight excluding hydrogens is 240 g/mol. The fourth-order valence-corrected chi connectivity index (χ4v) is 2.41. The summed E-state index contributed by atoms with van der Waals surface area (Å²) in [6.07, 6.45) is 28.0. The van der Waals surface area contributed by atoms with Gasteiger partial charge in [-0.15, -0.1) is 0 Å². The summed E-state index contributed by atoms with van der Waals surface area (Å²) >= 11 is 0. The van der Waals surface area contributed by atoms with Crippen LogP contribution in [-0.2, 0) is 0 Å². The molecule has 0 rings (SSSR count). The Kier molecular flexibility index (Phi) is 17.5. The van der Waals surface area contributed by atoms with Crippen LogP contribution in [0.25, 0.3) is 0 Å². The van der Waals surface area contributed by atoms with E-state index in [0.717, 1.165) is 0 Å². The average molecular weight is 275 g/mol. The van der Waals surface area contributed by atoms with Crippen LogP contribution in [0.1, 0.15) is 90.4 Å². The van der Waals surface area contributed by atoms with E-state index < -0.39 is 0 Å². The van der Waals surface area contributed by atoms with Crippen LogP contribution < -0.4 is 0 Å².